The van der Waals surface area contributed by atoms with E-state index in [0.29, 0.717) is 22.3 Å². The maximum atomic E-state index is 13.1. The molecule has 1 unspecified atom stereocenters. The molecule has 2 aromatic carbocycles. The van der Waals surface area contributed by atoms with Gasteiger partial charge in [-0.2, -0.15) is 0 Å². The van der Waals surface area contributed by atoms with Crippen LogP contribution in [-0.2, 0) is 22.9 Å². The van der Waals surface area contributed by atoms with Gasteiger partial charge in [-0.1, -0.05) is 11.6 Å². The van der Waals surface area contributed by atoms with Crippen molar-refractivity contribution in [3.05, 3.63) is 51.5 Å². The molecular formula is C21H27ClN2O3S. The van der Waals surface area contributed by atoms with Crippen LogP contribution in [0.2, 0.25) is 5.02 Å². The lowest BCUT2D eigenvalue weighted by Gasteiger charge is -2.32. The first-order valence-electron chi connectivity index (χ1n) is 9.28. The Morgan fingerprint density at radius 1 is 1.14 bits per heavy atom. The van der Waals surface area contributed by atoms with Gasteiger partial charge in [0.05, 0.1) is 17.7 Å². The van der Waals surface area contributed by atoms with Gasteiger partial charge in [0.2, 0.25) is 0 Å². The number of nitrogens with one attached hydrogen (secondary N) is 1. The highest BCUT2D eigenvalue weighted by Gasteiger charge is 2.27. The Hall–Kier alpha value is -1.76. The minimum Gasteiger partial charge on any atom is -0.496 e. The summed E-state index contributed by atoms with van der Waals surface area (Å²) < 4.78 is 34.6. The SMILES string of the molecule is COc1ccc(NS(=O)(=O)c2cc(C)c(Cl)cc2C)c2c1CC(N(C)C)CC2. The number of hydrogen-bond donors (Lipinski definition) is 1. The van der Waals surface area contributed by atoms with Crippen LogP contribution in [0, 0.1) is 13.8 Å². The predicted octanol–water partition coefficient (Wildman–Crippen LogP) is 4.19. The fourth-order valence-corrected chi connectivity index (χ4v) is 5.42. The zero-order chi connectivity index (χ0) is 20.6. The molecule has 152 valence electrons. The largest absolute Gasteiger partial charge is 0.496 e. The monoisotopic (exact) mass is 422 g/mol. The van der Waals surface area contributed by atoms with Gasteiger partial charge < -0.3 is 9.64 Å². The number of sulfonamides is 1. The smallest absolute Gasteiger partial charge is 0.262 e. The van der Waals surface area contributed by atoms with Crippen molar-refractivity contribution in [1.29, 1.82) is 0 Å². The summed E-state index contributed by atoms with van der Waals surface area (Å²) in [6, 6.07) is 7.36. The van der Waals surface area contributed by atoms with Crippen LogP contribution in [0.15, 0.2) is 29.2 Å². The zero-order valence-electron chi connectivity index (χ0n) is 17.0. The molecule has 0 bridgehead atoms. The maximum Gasteiger partial charge on any atom is 0.262 e. The topological polar surface area (TPSA) is 58.6 Å². The second kappa shape index (κ2) is 7.93. The van der Waals surface area contributed by atoms with Crippen LogP contribution in [0.1, 0.15) is 28.7 Å². The van der Waals surface area contributed by atoms with Gasteiger partial charge in [0.15, 0.2) is 0 Å². The molecule has 0 saturated heterocycles. The van der Waals surface area contributed by atoms with Crippen molar-refractivity contribution in [2.24, 2.45) is 0 Å². The molecule has 5 nitrogen and oxygen atoms in total. The Morgan fingerprint density at radius 3 is 2.50 bits per heavy atom. The van der Waals surface area contributed by atoms with E-state index in [1.165, 1.54) is 0 Å². The molecule has 0 aromatic heterocycles. The number of halogens is 1. The van der Waals surface area contributed by atoms with Gasteiger partial charge in [-0.3, -0.25) is 4.72 Å². The van der Waals surface area contributed by atoms with Gasteiger partial charge in [-0.15, -0.1) is 0 Å². The average Bonchev–Trinajstić information content (AvgIpc) is 2.64. The van der Waals surface area contributed by atoms with Crippen molar-refractivity contribution in [2.75, 3.05) is 25.9 Å². The molecule has 0 fully saturated rings. The summed E-state index contributed by atoms with van der Waals surface area (Å²) >= 11 is 6.13. The van der Waals surface area contributed by atoms with Gasteiger partial charge in [0.25, 0.3) is 10.0 Å². The molecule has 1 atom stereocenters. The van der Waals surface area contributed by atoms with Crippen molar-refractivity contribution in [2.45, 2.75) is 44.0 Å². The fourth-order valence-electron chi connectivity index (χ4n) is 3.80. The Balaban J connectivity index is 2.02. The predicted molar refractivity (Wildman–Crippen MR) is 114 cm³/mol. The Bertz CT molecular complexity index is 1000. The van der Waals surface area contributed by atoms with Crippen LogP contribution in [0.5, 0.6) is 5.75 Å². The molecule has 0 amide bonds. The first-order chi connectivity index (χ1) is 13.1. The fraction of sp³-hybridized carbons (Fsp3) is 0.429. The van der Waals surface area contributed by atoms with E-state index in [1.807, 2.05) is 6.07 Å². The van der Waals surface area contributed by atoms with E-state index in [4.69, 9.17) is 16.3 Å². The lowest BCUT2D eigenvalue weighted by atomic mass is 9.86. The van der Waals surface area contributed by atoms with Crippen LogP contribution in [-0.4, -0.2) is 40.6 Å². The van der Waals surface area contributed by atoms with Crippen molar-refractivity contribution in [1.82, 2.24) is 4.90 Å². The minimum atomic E-state index is -3.73. The lowest BCUT2D eigenvalue weighted by Crippen LogP contribution is -2.34. The molecule has 0 aliphatic heterocycles. The van der Waals surface area contributed by atoms with E-state index >= 15 is 0 Å². The summed E-state index contributed by atoms with van der Waals surface area (Å²) in [5, 5.41) is 0.563. The molecule has 1 aliphatic carbocycles. The van der Waals surface area contributed by atoms with Crippen LogP contribution < -0.4 is 9.46 Å². The molecule has 1 N–H and O–H groups in total. The number of likely N-dealkylation sites (N-methyl/N-ethyl adjacent to an activating group) is 1. The average molecular weight is 423 g/mol. The Morgan fingerprint density at radius 2 is 1.86 bits per heavy atom. The molecule has 3 rings (SSSR count). The maximum absolute atomic E-state index is 13.1. The zero-order valence-corrected chi connectivity index (χ0v) is 18.5. The highest BCUT2D eigenvalue weighted by Crippen LogP contribution is 2.37. The number of ether oxygens (including phenoxy) is 1. The Kier molecular flexibility index (Phi) is 5.94. The molecule has 0 saturated carbocycles. The number of hydrogen-bond acceptors (Lipinski definition) is 4. The third-order valence-electron chi connectivity index (χ3n) is 5.50. The molecule has 28 heavy (non-hydrogen) atoms. The summed E-state index contributed by atoms with van der Waals surface area (Å²) in [4.78, 5) is 2.46. The molecule has 0 spiro atoms. The van der Waals surface area contributed by atoms with Crippen LogP contribution in [0.4, 0.5) is 5.69 Å². The molecule has 1 aliphatic rings. The van der Waals surface area contributed by atoms with Gasteiger partial charge in [0, 0.05) is 16.6 Å². The summed E-state index contributed by atoms with van der Waals surface area (Å²) in [6.07, 6.45) is 2.60. The summed E-state index contributed by atoms with van der Waals surface area (Å²) in [7, 11) is 2.06. The van der Waals surface area contributed by atoms with Gasteiger partial charge in [-0.05, 0) is 88.2 Å². The van der Waals surface area contributed by atoms with Crippen LogP contribution in [0.25, 0.3) is 0 Å². The van der Waals surface area contributed by atoms with Crippen LogP contribution >= 0.6 is 11.6 Å². The number of anilines is 1. The second-order valence-electron chi connectivity index (χ2n) is 7.61. The molecule has 7 heteroatoms. The van der Waals surface area contributed by atoms with E-state index in [2.05, 4.69) is 23.7 Å². The van der Waals surface area contributed by atoms with Crippen LogP contribution in [0.3, 0.4) is 0 Å². The van der Waals surface area contributed by atoms with Crippen molar-refractivity contribution in [3.8, 4) is 5.75 Å². The summed E-state index contributed by atoms with van der Waals surface area (Å²) in [5.41, 5.74) is 4.08. The highest BCUT2D eigenvalue weighted by molar-refractivity contribution is 7.92. The quantitative estimate of drug-likeness (QED) is 0.785. The summed E-state index contributed by atoms with van der Waals surface area (Å²) in [5.74, 6) is 0.808. The van der Waals surface area contributed by atoms with E-state index < -0.39 is 10.0 Å². The number of benzene rings is 2. The van der Waals surface area contributed by atoms with E-state index in [9.17, 15) is 8.42 Å². The number of rotatable bonds is 5. The van der Waals surface area contributed by atoms with Gasteiger partial charge >= 0.3 is 0 Å². The molecular weight excluding hydrogens is 396 g/mol. The summed E-state index contributed by atoms with van der Waals surface area (Å²) in [6.45, 7) is 3.56. The minimum absolute atomic E-state index is 0.251. The second-order valence-corrected chi connectivity index (χ2v) is 9.66. The Labute approximate surface area is 172 Å². The normalized spacial score (nSPS) is 16.8. The number of nitrogens with zero attached hydrogens (tertiary/aromatic N) is 1. The van der Waals surface area contributed by atoms with E-state index in [0.717, 1.165) is 41.7 Å². The molecule has 0 radical (unpaired) electrons. The van der Waals surface area contributed by atoms with Crippen molar-refractivity contribution < 1.29 is 13.2 Å². The standard InChI is InChI=1S/C21H27ClN2O3S/c1-13-11-21(14(2)10-18(13)22)28(25,26)23-19-8-9-20(27-5)17-12-15(24(3)4)6-7-16(17)19/h8-11,15,23H,6-7,12H2,1-5H3. The third kappa shape index (κ3) is 4.00. The third-order valence-corrected chi connectivity index (χ3v) is 7.41. The first kappa shape index (κ1) is 21.0. The van der Waals surface area contributed by atoms with Crippen molar-refractivity contribution >= 4 is 27.3 Å². The number of fused-ring (bicyclic) bond motifs is 1. The molecule has 0 heterocycles. The van der Waals surface area contributed by atoms with Crippen molar-refractivity contribution in [3.63, 3.8) is 0 Å². The van der Waals surface area contributed by atoms with Gasteiger partial charge in [-0.25, -0.2) is 8.42 Å². The van der Waals surface area contributed by atoms with E-state index in [1.54, 1.807) is 39.2 Å². The molecule has 2 aromatic rings. The van der Waals surface area contributed by atoms with Gasteiger partial charge in [0.1, 0.15) is 5.75 Å². The number of methoxy groups -OCH3 is 1. The first-order valence-corrected chi connectivity index (χ1v) is 11.1. The van der Waals surface area contributed by atoms with E-state index in [-0.39, 0.29) is 4.90 Å². The highest BCUT2D eigenvalue weighted by atomic mass is 35.5. The lowest BCUT2D eigenvalue weighted by molar-refractivity contribution is 0.265. The number of aryl methyl sites for hydroxylation is 2.